The Bertz CT molecular complexity index is 651. The molecule has 2 aliphatic heterocycles. The van der Waals surface area contributed by atoms with E-state index < -0.39 is 0 Å². The third-order valence-electron chi connectivity index (χ3n) is 5.77. The molecule has 0 radical (unpaired) electrons. The maximum Gasteiger partial charge on any atom is 0.236 e. The lowest BCUT2D eigenvalue weighted by Crippen LogP contribution is -2.50. The molecule has 0 atom stereocenters. The number of likely N-dealkylation sites (N-methyl/N-ethyl adjacent to an activating group) is 1. The first-order valence-corrected chi connectivity index (χ1v) is 10.2. The first kappa shape index (κ1) is 19.8. The minimum Gasteiger partial charge on any atom is -0.342 e. The van der Waals surface area contributed by atoms with Crippen LogP contribution in [0, 0.1) is 0 Å². The Morgan fingerprint density at radius 3 is 2.33 bits per heavy atom. The predicted octanol–water partition coefficient (Wildman–Crippen LogP) is 1.45. The largest absolute Gasteiger partial charge is 0.342 e. The summed E-state index contributed by atoms with van der Waals surface area (Å²) in [6, 6.07) is 8.20. The highest BCUT2D eigenvalue weighted by molar-refractivity contribution is 5.95. The van der Waals surface area contributed by atoms with Gasteiger partial charge in [-0.15, -0.1) is 0 Å². The molecule has 148 valence electrons. The zero-order valence-electron chi connectivity index (χ0n) is 16.7. The molecule has 2 amide bonds. The highest BCUT2D eigenvalue weighted by Gasteiger charge is 2.25. The van der Waals surface area contributed by atoms with E-state index in [-0.39, 0.29) is 11.8 Å². The predicted molar refractivity (Wildman–Crippen MR) is 108 cm³/mol. The molecule has 1 fully saturated rings. The van der Waals surface area contributed by atoms with Crippen molar-refractivity contribution in [3.63, 3.8) is 0 Å². The van der Waals surface area contributed by atoms with Crippen LogP contribution in [0.3, 0.4) is 0 Å². The third-order valence-corrected chi connectivity index (χ3v) is 5.77. The van der Waals surface area contributed by atoms with Gasteiger partial charge >= 0.3 is 0 Å². The maximum absolute atomic E-state index is 12.6. The Kier molecular flexibility index (Phi) is 6.85. The summed E-state index contributed by atoms with van der Waals surface area (Å²) in [5, 5.41) is 0. The average molecular weight is 373 g/mol. The highest BCUT2D eigenvalue weighted by atomic mass is 16.2. The van der Waals surface area contributed by atoms with E-state index in [0.717, 1.165) is 64.5 Å². The molecule has 27 heavy (non-hydrogen) atoms. The Morgan fingerprint density at radius 1 is 0.963 bits per heavy atom. The van der Waals surface area contributed by atoms with E-state index in [0.29, 0.717) is 13.0 Å². The number of carbonyl (C=O) groups is 2. The number of fused-ring (bicyclic) bond motifs is 1. The molecule has 0 unspecified atom stereocenters. The van der Waals surface area contributed by atoms with Gasteiger partial charge in [-0.3, -0.25) is 14.5 Å². The lowest BCUT2D eigenvalue weighted by atomic mass is 10.2. The number of nitrogens with zero attached hydrogens (tertiary/aromatic N) is 4. The Morgan fingerprint density at radius 2 is 1.63 bits per heavy atom. The molecule has 6 nitrogen and oxygen atoms in total. The van der Waals surface area contributed by atoms with Gasteiger partial charge in [0.15, 0.2) is 0 Å². The van der Waals surface area contributed by atoms with Crippen molar-refractivity contribution in [1.82, 2.24) is 14.7 Å². The molecule has 0 aromatic heterocycles. The van der Waals surface area contributed by atoms with Gasteiger partial charge in [0.25, 0.3) is 0 Å². The Balaban J connectivity index is 1.40. The number of carbonyl (C=O) groups excluding carboxylic acids is 2. The Labute approximate surface area is 162 Å². The van der Waals surface area contributed by atoms with E-state index >= 15 is 0 Å². The average Bonchev–Trinajstić information content (AvgIpc) is 3.12. The molecule has 1 aromatic carbocycles. The first-order valence-electron chi connectivity index (χ1n) is 10.2. The Hall–Kier alpha value is -1.92. The number of para-hydroxylation sites is 1. The quantitative estimate of drug-likeness (QED) is 0.727. The number of anilines is 1. The van der Waals surface area contributed by atoms with Gasteiger partial charge in [0, 0.05) is 64.5 Å². The molecule has 1 saturated heterocycles. The molecule has 0 aliphatic carbocycles. The SMILES string of the molecule is CCN(CC)C(=O)CN1CCN(CCC(=O)N2CCc3ccccc32)CC1. The van der Waals surface area contributed by atoms with Crippen LogP contribution in [0.1, 0.15) is 25.8 Å². The second-order valence-electron chi connectivity index (χ2n) is 7.36. The maximum atomic E-state index is 12.6. The smallest absolute Gasteiger partial charge is 0.236 e. The zero-order valence-corrected chi connectivity index (χ0v) is 16.7. The third kappa shape index (κ3) is 4.87. The molecule has 1 aromatic rings. The number of hydrogen-bond acceptors (Lipinski definition) is 4. The van der Waals surface area contributed by atoms with Gasteiger partial charge in [0.1, 0.15) is 0 Å². The van der Waals surface area contributed by atoms with Crippen LogP contribution in [0.5, 0.6) is 0 Å². The topological polar surface area (TPSA) is 47.1 Å². The second kappa shape index (κ2) is 9.33. The number of piperazine rings is 1. The molecule has 0 N–H and O–H groups in total. The summed E-state index contributed by atoms with van der Waals surface area (Å²) in [6.45, 7) is 11.4. The first-order chi connectivity index (χ1) is 13.1. The molecule has 0 saturated carbocycles. The fraction of sp³-hybridized carbons (Fsp3) is 0.619. The van der Waals surface area contributed by atoms with Gasteiger partial charge in [0.05, 0.1) is 6.54 Å². The van der Waals surface area contributed by atoms with Crippen molar-refractivity contribution in [3.05, 3.63) is 29.8 Å². The summed E-state index contributed by atoms with van der Waals surface area (Å²) in [4.78, 5) is 33.3. The molecular weight excluding hydrogens is 340 g/mol. The zero-order chi connectivity index (χ0) is 19.2. The van der Waals surface area contributed by atoms with Gasteiger partial charge < -0.3 is 14.7 Å². The van der Waals surface area contributed by atoms with Gasteiger partial charge in [-0.25, -0.2) is 0 Å². The van der Waals surface area contributed by atoms with E-state index in [4.69, 9.17) is 0 Å². The summed E-state index contributed by atoms with van der Waals surface area (Å²) < 4.78 is 0. The molecule has 2 heterocycles. The van der Waals surface area contributed by atoms with Crippen LogP contribution in [-0.2, 0) is 16.0 Å². The van der Waals surface area contributed by atoms with E-state index in [2.05, 4.69) is 15.9 Å². The second-order valence-corrected chi connectivity index (χ2v) is 7.36. The van der Waals surface area contributed by atoms with E-state index in [1.165, 1.54) is 5.56 Å². The van der Waals surface area contributed by atoms with Crippen LogP contribution in [0.2, 0.25) is 0 Å². The van der Waals surface area contributed by atoms with Crippen molar-refractivity contribution >= 4 is 17.5 Å². The monoisotopic (exact) mass is 372 g/mol. The summed E-state index contributed by atoms with van der Waals surface area (Å²) in [5.41, 5.74) is 2.36. The van der Waals surface area contributed by atoms with Crippen molar-refractivity contribution in [2.75, 3.05) is 63.8 Å². The summed E-state index contributed by atoms with van der Waals surface area (Å²) in [6.07, 6.45) is 1.52. The van der Waals surface area contributed by atoms with Gasteiger partial charge in [0.2, 0.25) is 11.8 Å². The van der Waals surface area contributed by atoms with Crippen molar-refractivity contribution in [1.29, 1.82) is 0 Å². The fourth-order valence-corrected chi connectivity index (χ4v) is 4.02. The molecule has 2 aliphatic rings. The fourth-order valence-electron chi connectivity index (χ4n) is 4.02. The van der Waals surface area contributed by atoms with Crippen LogP contribution in [-0.4, -0.2) is 85.4 Å². The molecule has 0 bridgehead atoms. The van der Waals surface area contributed by atoms with Crippen LogP contribution >= 0.6 is 0 Å². The molecular formula is C21H32N4O2. The molecule has 3 rings (SSSR count). The normalized spacial score (nSPS) is 17.8. The standard InChI is InChI=1S/C21H32N4O2/c1-3-24(4-2)21(27)17-23-15-13-22(14-16-23)11-10-20(26)25-12-9-18-7-5-6-8-19(18)25/h5-8H,3-4,9-17H2,1-2H3. The van der Waals surface area contributed by atoms with Crippen LogP contribution in [0.15, 0.2) is 24.3 Å². The minimum absolute atomic E-state index is 0.219. The lowest BCUT2D eigenvalue weighted by molar-refractivity contribution is -0.132. The van der Waals surface area contributed by atoms with Crippen molar-refractivity contribution in [3.8, 4) is 0 Å². The van der Waals surface area contributed by atoms with Crippen molar-refractivity contribution < 1.29 is 9.59 Å². The van der Waals surface area contributed by atoms with E-state index in [9.17, 15) is 9.59 Å². The number of benzene rings is 1. The van der Waals surface area contributed by atoms with E-state index in [1.54, 1.807) is 0 Å². The summed E-state index contributed by atoms with van der Waals surface area (Å²) in [7, 11) is 0. The molecule has 6 heteroatoms. The number of rotatable bonds is 7. The van der Waals surface area contributed by atoms with Crippen LogP contribution < -0.4 is 4.90 Å². The summed E-state index contributed by atoms with van der Waals surface area (Å²) >= 11 is 0. The molecule has 0 spiro atoms. The lowest BCUT2D eigenvalue weighted by Gasteiger charge is -2.35. The van der Waals surface area contributed by atoms with Crippen molar-refractivity contribution in [2.45, 2.75) is 26.7 Å². The number of hydrogen-bond donors (Lipinski definition) is 0. The summed E-state index contributed by atoms with van der Waals surface area (Å²) in [5.74, 6) is 0.440. The van der Waals surface area contributed by atoms with Gasteiger partial charge in [-0.05, 0) is 31.9 Å². The van der Waals surface area contributed by atoms with Crippen LogP contribution in [0.4, 0.5) is 5.69 Å². The number of amides is 2. The minimum atomic E-state index is 0.219. The van der Waals surface area contributed by atoms with Gasteiger partial charge in [-0.1, -0.05) is 18.2 Å². The van der Waals surface area contributed by atoms with Crippen LogP contribution in [0.25, 0.3) is 0 Å². The van der Waals surface area contributed by atoms with E-state index in [1.807, 2.05) is 41.8 Å². The van der Waals surface area contributed by atoms with Crippen molar-refractivity contribution in [2.24, 2.45) is 0 Å². The highest BCUT2D eigenvalue weighted by Crippen LogP contribution is 2.27. The van der Waals surface area contributed by atoms with Gasteiger partial charge in [-0.2, -0.15) is 0 Å².